The second-order valence-corrected chi connectivity index (χ2v) is 8.48. The number of imidazole rings is 1. The Morgan fingerprint density at radius 2 is 1.85 bits per heavy atom. The number of hydrogen-bond donors (Lipinski definition) is 3. The van der Waals surface area contributed by atoms with Gasteiger partial charge in [-0.1, -0.05) is 24.3 Å². The molecular weight excluding hydrogens is 432 g/mol. The van der Waals surface area contributed by atoms with E-state index in [-0.39, 0.29) is 11.9 Å². The topological polar surface area (TPSA) is 110 Å². The maximum atomic E-state index is 13.3. The first-order valence-corrected chi connectivity index (χ1v) is 11.3. The third kappa shape index (κ3) is 4.13. The van der Waals surface area contributed by atoms with Crippen molar-refractivity contribution >= 4 is 22.9 Å². The van der Waals surface area contributed by atoms with Crippen molar-refractivity contribution in [2.75, 3.05) is 12.4 Å². The molecular formula is C26H26N4O4. The summed E-state index contributed by atoms with van der Waals surface area (Å²) in [6.07, 6.45) is 1.60. The van der Waals surface area contributed by atoms with Gasteiger partial charge in [-0.2, -0.15) is 0 Å². The Bertz CT molecular complexity index is 1340. The lowest BCUT2D eigenvalue weighted by Gasteiger charge is -2.32. The number of carbonyl (C=O) groups is 1. The molecule has 4 aromatic rings. The van der Waals surface area contributed by atoms with E-state index in [2.05, 4.69) is 15.3 Å². The van der Waals surface area contributed by atoms with Crippen molar-refractivity contribution in [1.29, 1.82) is 0 Å². The number of nitrogens with zero attached hydrogens (tertiary/aromatic N) is 3. The van der Waals surface area contributed by atoms with Crippen molar-refractivity contribution in [3.63, 3.8) is 0 Å². The number of fused-ring (bicyclic) bond motifs is 1. The first kappa shape index (κ1) is 22.1. The quantitative estimate of drug-likeness (QED) is 0.420. The molecule has 1 fully saturated rings. The molecule has 1 saturated carbocycles. The maximum Gasteiger partial charge on any atom is 0.258 e. The number of amides is 1. The highest BCUT2D eigenvalue weighted by Crippen LogP contribution is 2.35. The van der Waals surface area contributed by atoms with E-state index in [1.165, 1.54) is 0 Å². The van der Waals surface area contributed by atoms with Crippen molar-refractivity contribution < 1.29 is 19.7 Å². The molecule has 0 radical (unpaired) electrons. The standard InChI is InChI=1S/C26H26N4O4/c1-34-24-9-5-2-6-18(24)20-14-16(12-13-27-20)25(33)29-26-28-19-7-3-4-8-21(19)30(26)17-10-11-22(31)23(32)15-17/h2-9,12-14,17,22-23,31-32H,10-11,15H2,1H3,(H,28,29,33)/t17-,22+,23-/m1/s1. The number of aromatic nitrogens is 3. The summed E-state index contributed by atoms with van der Waals surface area (Å²) in [5.41, 5.74) is 3.48. The number of aliphatic hydroxyl groups is 2. The monoisotopic (exact) mass is 458 g/mol. The molecule has 3 N–H and O–H groups in total. The number of methoxy groups -OCH3 is 1. The summed E-state index contributed by atoms with van der Waals surface area (Å²) < 4.78 is 7.40. The van der Waals surface area contributed by atoms with Crippen molar-refractivity contribution in [1.82, 2.24) is 14.5 Å². The molecule has 2 aromatic carbocycles. The van der Waals surface area contributed by atoms with Crippen LogP contribution in [0.4, 0.5) is 5.95 Å². The van der Waals surface area contributed by atoms with E-state index in [1.54, 1.807) is 25.4 Å². The summed E-state index contributed by atoms with van der Waals surface area (Å²) in [4.78, 5) is 22.3. The van der Waals surface area contributed by atoms with Crippen molar-refractivity contribution in [2.45, 2.75) is 37.5 Å². The van der Waals surface area contributed by atoms with Gasteiger partial charge in [0.25, 0.3) is 5.91 Å². The first-order chi connectivity index (χ1) is 16.5. The average Bonchev–Trinajstić information content (AvgIpc) is 3.23. The Labute approximate surface area is 196 Å². The number of hydrogen-bond acceptors (Lipinski definition) is 6. The Kier molecular flexibility index (Phi) is 6.00. The number of para-hydroxylation sites is 3. The number of benzene rings is 2. The second-order valence-electron chi connectivity index (χ2n) is 8.48. The van der Waals surface area contributed by atoms with Gasteiger partial charge in [-0.25, -0.2) is 4.98 Å². The van der Waals surface area contributed by atoms with E-state index in [0.717, 1.165) is 16.6 Å². The van der Waals surface area contributed by atoms with E-state index in [9.17, 15) is 15.0 Å². The smallest absolute Gasteiger partial charge is 0.258 e. The number of aliphatic hydroxyl groups excluding tert-OH is 2. The Morgan fingerprint density at radius 1 is 1.06 bits per heavy atom. The number of carbonyl (C=O) groups excluding carboxylic acids is 1. The van der Waals surface area contributed by atoms with Gasteiger partial charge in [0, 0.05) is 23.4 Å². The fraction of sp³-hybridized carbons (Fsp3) is 0.269. The molecule has 0 unspecified atom stereocenters. The summed E-state index contributed by atoms with van der Waals surface area (Å²) in [6, 6.07) is 18.5. The summed E-state index contributed by atoms with van der Waals surface area (Å²) >= 11 is 0. The van der Waals surface area contributed by atoms with Crippen LogP contribution in [-0.2, 0) is 0 Å². The van der Waals surface area contributed by atoms with Crippen LogP contribution in [0.15, 0.2) is 66.9 Å². The van der Waals surface area contributed by atoms with Crippen LogP contribution in [0.3, 0.4) is 0 Å². The molecule has 0 saturated heterocycles. The van der Waals surface area contributed by atoms with Crippen LogP contribution in [-0.4, -0.2) is 50.0 Å². The van der Waals surface area contributed by atoms with Gasteiger partial charge in [-0.15, -0.1) is 0 Å². The van der Waals surface area contributed by atoms with E-state index < -0.39 is 12.2 Å². The van der Waals surface area contributed by atoms with Crippen molar-refractivity contribution in [2.24, 2.45) is 0 Å². The van der Waals surface area contributed by atoms with Crippen LogP contribution in [0.2, 0.25) is 0 Å². The van der Waals surface area contributed by atoms with Gasteiger partial charge >= 0.3 is 0 Å². The third-order valence-corrected chi connectivity index (χ3v) is 6.34. The van der Waals surface area contributed by atoms with Gasteiger partial charge in [0.1, 0.15) is 5.75 Å². The average molecular weight is 459 g/mol. The van der Waals surface area contributed by atoms with Gasteiger partial charge in [-0.05, 0) is 55.7 Å². The fourth-order valence-corrected chi connectivity index (χ4v) is 4.60. The number of rotatable bonds is 5. The summed E-state index contributed by atoms with van der Waals surface area (Å²) in [5, 5.41) is 23.2. The maximum absolute atomic E-state index is 13.3. The minimum Gasteiger partial charge on any atom is -0.496 e. The normalized spacial score (nSPS) is 20.3. The van der Waals surface area contributed by atoms with Crippen molar-refractivity contribution in [3.8, 4) is 17.0 Å². The summed E-state index contributed by atoms with van der Waals surface area (Å²) in [6.45, 7) is 0. The van der Waals surface area contributed by atoms with Crippen LogP contribution in [0.1, 0.15) is 35.7 Å². The molecule has 2 aromatic heterocycles. The van der Waals surface area contributed by atoms with Crippen LogP contribution in [0, 0.1) is 0 Å². The molecule has 8 heteroatoms. The molecule has 34 heavy (non-hydrogen) atoms. The largest absolute Gasteiger partial charge is 0.496 e. The lowest BCUT2D eigenvalue weighted by Crippen LogP contribution is -2.35. The highest BCUT2D eigenvalue weighted by Gasteiger charge is 2.31. The fourth-order valence-electron chi connectivity index (χ4n) is 4.60. The molecule has 1 amide bonds. The predicted molar refractivity (Wildman–Crippen MR) is 129 cm³/mol. The highest BCUT2D eigenvalue weighted by atomic mass is 16.5. The molecule has 0 bridgehead atoms. The zero-order chi connectivity index (χ0) is 23.7. The van der Waals surface area contributed by atoms with Crippen molar-refractivity contribution in [3.05, 3.63) is 72.4 Å². The number of pyridine rings is 1. The molecule has 0 aliphatic heterocycles. The summed E-state index contributed by atoms with van der Waals surface area (Å²) in [5.74, 6) is 0.773. The number of anilines is 1. The summed E-state index contributed by atoms with van der Waals surface area (Å²) in [7, 11) is 1.60. The van der Waals surface area contributed by atoms with E-state index in [1.807, 2.05) is 53.1 Å². The van der Waals surface area contributed by atoms with Gasteiger partial charge < -0.3 is 19.5 Å². The molecule has 5 rings (SSSR count). The SMILES string of the molecule is COc1ccccc1-c1cc(C(=O)Nc2nc3ccccc3n2[C@@H]2CC[C@H](O)[C@H](O)C2)ccn1. The zero-order valence-corrected chi connectivity index (χ0v) is 18.8. The van der Waals surface area contributed by atoms with Crippen LogP contribution in [0.25, 0.3) is 22.3 Å². The molecule has 174 valence electrons. The third-order valence-electron chi connectivity index (χ3n) is 6.34. The second kappa shape index (κ2) is 9.24. The molecule has 8 nitrogen and oxygen atoms in total. The molecule has 3 atom stereocenters. The first-order valence-electron chi connectivity index (χ1n) is 11.3. The Balaban J connectivity index is 1.48. The zero-order valence-electron chi connectivity index (χ0n) is 18.8. The molecule has 2 heterocycles. The Hall–Kier alpha value is -3.75. The Morgan fingerprint density at radius 3 is 2.68 bits per heavy atom. The number of ether oxygens (including phenoxy) is 1. The van der Waals surface area contributed by atoms with Gasteiger partial charge in [0.05, 0.1) is 36.0 Å². The molecule has 1 aliphatic rings. The van der Waals surface area contributed by atoms with Gasteiger partial charge in [0.2, 0.25) is 5.95 Å². The molecule has 1 aliphatic carbocycles. The lowest BCUT2D eigenvalue weighted by molar-refractivity contribution is -0.0222. The minimum absolute atomic E-state index is 0.0947. The number of nitrogens with one attached hydrogen (secondary N) is 1. The van der Waals surface area contributed by atoms with Gasteiger partial charge in [-0.3, -0.25) is 15.1 Å². The van der Waals surface area contributed by atoms with E-state index >= 15 is 0 Å². The van der Waals surface area contributed by atoms with Crippen LogP contribution < -0.4 is 10.1 Å². The lowest BCUT2D eigenvalue weighted by atomic mass is 9.90. The van der Waals surface area contributed by atoms with Crippen LogP contribution in [0.5, 0.6) is 5.75 Å². The minimum atomic E-state index is -0.813. The molecule has 0 spiro atoms. The highest BCUT2D eigenvalue weighted by molar-refractivity contribution is 6.04. The van der Waals surface area contributed by atoms with E-state index in [0.29, 0.717) is 42.2 Å². The predicted octanol–water partition coefficient (Wildman–Crippen LogP) is 3.81. The van der Waals surface area contributed by atoms with Gasteiger partial charge in [0.15, 0.2) is 0 Å². The van der Waals surface area contributed by atoms with Crippen LogP contribution >= 0.6 is 0 Å². The van der Waals surface area contributed by atoms with E-state index in [4.69, 9.17) is 4.74 Å².